The standard InChI is InChI=1S/C13H13NO3S/c1-3-14-12(15)11(18-13(14)16)8-9-6-4-5-7-10(9)17-2/h4-8H,3H2,1-2H3. The SMILES string of the molecule is CCN1C(=O)SC(=Cc2ccccc2OC)C1=O. The van der Waals surface area contributed by atoms with Gasteiger partial charge in [0.1, 0.15) is 5.75 Å². The third kappa shape index (κ3) is 2.26. The van der Waals surface area contributed by atoms with Gasteiger partial charge in [0.05, 0.1) is 12.0 Å². The summed E-state index contributed by atoms with van der Waals surface area (Å²) in [5.41, 5.74) is 0.793. The fourth-order valence-electron chi connectivity index (χ4n) is 1.70. The highest BCUT2D eigenvalue weighted by Crippen LogP contribution is 2.33. The number of benzene rings is 1. The van der Waals surface area contributed by atoms with E-state index in [4.69, 9.17) is 4.74 Å². The summed E-state index contributed by atoms with van der Waals surface area (Å²) in [4.78, 5) is 25.2. The smallest absolute Gasteiger partial charge is 0.293 e. The largest absolute Gasteiger partial charge is 0.496 e. The molecule has 0 aliphatic carbocycles. The maximum Gasteiger partial charge on any atom is 0.293 e. The second-order valence-electron chi connectivity index (χ2n) is 3.67. The van der Waals surface area contributed by atoms with E-state index in [0.29, 0.717) is 17.2 Å². The Bertz CT molecular complexity index is 525. The number of ether oxygens (including phenoxy) is 1. The minimum absolute atomic E-state index is 0.219. The van der Waals surface area contributed by atoms with E-state index in [1.165, 1.54) is 4.90 Å². The molecule has 1 aromatic carbocycles. The number of rotatable bonds is 3. The molecule has 1 aliphatic heterocycles. The summed E-state index contributed by atoms with van der Waals surface area (Å²) in [5.74, 6) is 0.444. The minimum Gasteiger partial charge on any atom is -0.496 e. The summed E-state index contributed by atoms with van der Waals surface area (Å²) in [5, 5.41) is -0.219. The van der Waals surface area contributed by atoms with Crippen LogP contribution in [0.3, 0.4) is 0 Å². The van der Waals surface area contributed by atoms with Crippen LogP contribution in [0.15, 0.2) is 29.2 Å². The lowest BCUT2D eigenvalue weighted by molar-refractivity contribution is -0.122. The molecular formula is C13H13NO3S. The number of methoxy groups -OCH3 is 1. The number of amides is 2. The first-order chi connectivity index (χ1) is 8.67. The fourth-order valence-corrected chi connectivity index (χ4v) is 2.59. The predicted octanol–water partition coefficient (Wildman–Crippen LogP) is 2.75. The van der Waals surface area contributed by atoms with Crippen LogP contribution in [0.5, 0.6) is 5.75 Å². The average molecular weight is 263 g/mol. The maximum atomic E-state index is 11.9. The maximum absolute atomic E-state index is 11.9. The van der Waals surface area contributed by atoms with Crippen LogP contribution in [-0.4, -0.2) is 29.7 Å². The monoisotopic (exact) mass is 263 g/mol. The number of thioether (sulfide) groups is 1. The molecule has 1 heterocycles. The Kier molecular flexibility index (Phi) is 3.72. The molecule has 0 atom stereocenters. The quantitative estimate of drug-likeness (QED) is 0.787. The molecule has 5 heteroatoms. The fraction of sp³-hybridized carbons (Fsp3) is 0.231. The van der Waals surface area contributed by atoms with Crippen molar-refractivity contribution in [2.75, 3.05) is 13.7 Å². The molecule has 2 rings (SSSR count). The van der Waals surface area contributed by atoms with Crippen molar-refractivity contribution in [3.8, 4) is 5.75 Å². The number of para-hydroxylation sites is 1. The van der Waals surface area contributed by atoms with Gasteiger partial charge in [-0.3, -0.25) is 14.5 Å². The molecule has 94 valence electrons. The first-order valence-electron chi connectivity index (χ1n) is 5.55. The van der Waals surface area contributed by atoms with Crippen molar-refractivity contribution in [2.45, 2.75) is 6.92 Å². The summed E-state index contributed by atoms with van der Waals surface area (Å²) in [6.45, 7) is 2.18. The van der Waals surface area contributed by atoms with Gasteiger partial charge in [0.25, 0.3) is 11.1 Å². The van der Waals surface area contributed by atoms with Gasteiger partial charge in [-0.25, -0.2) is 0 Å². The van der Waals surface area contributed by atoms with Crippen LogP contribution in [0.2, 0.25) is 0 Å². The second kappa shape index (κ2) is 5.27. The van der Waals surface area contributed by atoms with Gasteiger partial charge in [-0.2, -0.15) is 0 Å². The van der Waals surface area contributed by atoms with E-state index >= 15 is 0 Å². The van der Waals surface area contributed by atoms with Gasteiger partial charge in [0, 0.05) is 12.1 Å². The topological polar surface area (TPSA) is 46.6 Å². The Hall–Kier alpha value is -1.75. The Morgan fingerprint density at radius 2 is 2.06 bits per heavy atom. The third-order valence-electron chi connectivity index (χ3n) is 2.62. The molecule has 1 aliphatic rings. The van der Waals surface area contributed by atoms with Crippen molar-refractivity contribution in [1.82, 2.24) is 4.90 Å². The molecule has 2 amide bonds. The van der Waals surface area contributed by atoms with E-state index in [9.17, 15) is 9.59 Å². The van der Waals surface area contributed by atoms with Gasteiger partial charge in [-0.05, 0) is 30.8 Å². The molecule has 18 heavy (non-hydrogen) atoms. The van der Waals surface area contributed by atoms with E-state index in [-0.39, 0.29) is 11.1 Å². The molecular weight excluding hydrogens is 250 g/mol. The summed E-state index contributed by atoms with van der Waals surface area (Å²) in [6.07, 6.45) is 1.69. The van der Waals surface area contributed by atoms with E-state index in [2.05, 4.69) is 0 Å². The van der Waals surface area contributed by atoms with Gasteiger partial charge in [-0.1, -0.05) is 18.2 Å². The number of imide groups is 1. The Balaban J connectivity index is 2.35. The summed E-state index contributed by atoms with van der Waals surface area (Å²) >= 11 is 0.963. The lowest BCUT2D eigenvalue weighted by atomic mass is 10.2. The molecule has 1 fully saturated rings. The Labute approximate surface area is 110 Å². The zero-order valence-corrected chi connectivity index (χ0v) is 11.0. The second-order valence-corrected chi connectivity index (χ2v) is 4.66. The molecule has 0 bridgehead atoms. The summed E-state index contributed by atoms with van der Waals surface area (Å²) < 4.78 is 5.21. The number of hydrogen-bond acceptors (Lipinski definition) is 4. The van der Waals surface area contributed by atoms with Crippen molar-refractivity contribution in [3.05, 3.63) is 34.7 Å². The molecule has 0 unspecified atom stereocenters. The number of carbonyl (C=O) groups excluding carboxylic acids is 2. The number of hydrogen-bond donors (Lipinski definition) is 0. The summed E-state index contributed by atoms with van der Waals surface area (Å²) in [6, 6.07) is 7.38. The lowest BCUT2D eigenvalue weighted by Crippen LogP contribution is -2.27. The van der Waals surface area contributed by atoms with Crippen LogP contribution < -0.4 is 4.74 Å². The molecule has 0 saturated carbocycles. The van der Waals surface area contributed by atoms with Crippen molar-refractivity contribution in [2.24, 2.45) is 0 Å². The molecule has 0 aromatic heterocycles. The van der Waals surface area contributed by atoms with Crippen molar-refractivity contribution in [1.29, 1.82) is 0 Å². The van der Waals surface area contributed by atoms with Gasteiger partial charge in [-0.15, -0.1) is 0 Å². The summed E-state index contributed by atoms with van der Waals surface area (Å²) in [7, 11) is 1.57. The first-order valence-corrected chi connectivity index (χ1v) is 6.37. The molecule has 0 radical (unpaired) electrons. The molecule has 0 N–H and O–H groups in total. The van der Waals surface area contributed by atoms with Crippen LogP contribution in [0, 0.1) is 0 Å². The number of nitrogens with zero attached hydrogens (tertiary/aromatic N) is 1. The Morgan fingerprint density at radius 1 is 1.33 bits per heavy atom. The van der Waals surface area contributed by atoms with Crippen LogP contribution >= 0.6 is 11.8 Å². The van der Waals surface area contributed by atoms with E-state index < -0.39 is 0 Å². The van der Waals surface area contributed by atoms with Crippen LogP contribution in [0.25, 0.3) is 6.08 Å². The minimum atomic E-state index is -0.238. The zero-order chi connectivity index (χ0) is 13.1. The van der Waals surface area contributed by atoms with Crippen molar-refractivity contribution >= 4 is 29.0 Å². The lowest BCUT2D eigenvalue weighted by Gasteiger charge is -2.07. The number of carbonyl (C=O) groups is 2. The van der Waals surface area contributed by atoms with Crippen LogP contribution in [-0.2, 0) is 4.79 Å². The zero-order valence-electron chi connectivity index (χ0n) is 10.2. The van der Waals surface area contributed by atoms with Gasteiger partial charge < -0.3 is 4.74 Å². The number of likely N-dealkylation sites (N-methyl/N-ethyl adjacent to an activating group) is 1. The highest BCUT2D eigenvalue weighted by molar-refractivity contribution is 8.18. The van der Waals surface area contributed by atoms with Crippen molar-refractivity contribution in [3.63, 3.8) is 0 Å². The van der Waals surface area contributed by atoms with Crippen LogP contribution in [0.1, 0.15) is 12.5 Å². The molecule has 0 spiro atoms. The molecule has 1 saturated heterocycles. The van der Waals surface area contributed by atoms with Gasteiger partial charge >= 0.3 is 0 Å². The predicted molar refractivity (Wildman–Crippen MR) is 71.3 cm³/mol. The normalized spacial score (nSPS) is 17.7. The van der Waals surface area contributed by atoms with Gasteiger partial charge in [0.2, 0.25) is 0 Å². The van der Waals surface area contributed by atoms with E-state index in [1.54, 1.807) is 20.1 Å². The molecule has 4 nitrogen and oxygen atoms in total. The van der Waals surface area contributed by atoms with Gasteiger partial charge in [0.15, 0.2) is 0 Å². The Morgan fingerprint density at radius 3 is 2.67 bits per heavy atom. The third-order valence-corrected chi connectivity index (χ3v) is 3.52. The highest BCUT2D eigenvalue weighted by Gasteiger charge is 2.33. The van der Waals surface area contributed by atoms with Crippen LogP contribution in [0.4, 0.5) is 4.79 Å². The van der Waals surface area contributed by atoms with E-state index in [1.807, 2.05) is 24.3 Å². The molecule has 1 aromatic rings. The highest BCUT2D eigenvalue weighted by atomic mass is 32.2. The first kappa shape index (κ1) is 12.7. The van der Waals surface area contributed by atoms with Crippen molar-refractivity contribution < 1.29 is 14.3 Å². The van der Waals surface area contributed by atoms with E-state index in [0.717, 1.165) is 17.3 Å². The average Bonchev–Trinajstić information content (AvgIpc) is 2.65.